The Balaban J connectivity index is 3.31. The predicted molar refractivity (Wildman–Crippen MR) is 59.6 cm³/mol. The van der Waals surface area contributed by atoms with Crippen molar-refractivity contribution in [2.24, 2.45) is 0 Å². The van der Waals surface area contributed by atoms with Crippen molar-refractivity contribution in [3.8, 4) is 18.1 Å². The van der Waals surface area contributed by atoms with Crippen molar-refractivity contribution in [3.63, 3.8) is 0 Å². The molecule has 1 nitrogen and oxygen atoms in total. The molecule has 0 spiro atoms. The summed E-state index contributed by atoms with van der Waals surface area (Å²) in [5.41, 5.74) is 2.04. The van der Waals surface area contributed by atoms with Gasteiger partial charge >= 0.3 is 0 Å². The van der Waals surface area contributed by atoms with Crippen LogP contribution in [0.25, 0.3) is 0 Å². The van der Waals surface area contributed by atoms with E-state index in [-0.39, 0.29) is 5.41 Å². The lowest BCUT2D eigenvalue weighted by Gasteiger charge is -2.21. The molecule has 0 radical (unpaired) electrons. The van der Waals surface area contributed by atoms with Crippen molar-refractivity contribution in [1.82, 2.24) is 0 Å². The molecule has 1 heteroatoms. The highest BCUT2D eigenvalue weighted by Crippen LogP contribution is 2.30. The highest BCUT2D eigenvalue weighted by molar-refractivity contribution is 5.45. The maximum Gasteiger partial charge on any atom is 0.122 e. The summed E-state index contributed by atoms with van der Waals surface area (Å²) >= 11 is 0. The first-order valence-corrected chi connectivity index (χ1v) is 4.65. The van der Waals surface area contributed by atoms with Crippen molar-refractivity contribution in [1.29, 1.82) is 0 Å². The smallest absolute Gasteiger partial charge is 0.122 e. The number of hydrogen-bond acceptors (Lipinski definition) is 1. The van der Waals surface area contributed by atoms with Crippen LogP contribution in [-0.4, -0.2) is 7.11 Å². The van der Waals surface area contributed by atoms with Crippen LogP contribution in [0.15, 0.2) is 18.2 Å². The molecule has 0 unspecified atom stereocenters. The van der Waals surface area contributed by atoms with Gasteiger partial charge in [-0.2, -0.15) is 0 Å². The van der Waals surface area contributed by atoms with Crippen molar-refractivity contribution >= 4 is 0 Å². The number of benzene rings is 1. The Labute approximate surface area is 86.1 Å². The zero-order valence-electron chi connectivity index (χ0n) is 9.22. The van der Waals surface area contributed by atoms with Gasteiger partial charge < -0.3 is 4.74 Å². The zero-order valence-corrected chi connectivity index (χ0v) is 9.22. The minimum Gasteiger partial charge on any atom is -0.496 e. The number of ether oxygens (including phenoxy) is 1. The third kappa shape index (κ3) is 1.75. The maximum atomic E-state index is 5.51. The molecule has 0 aliphatic rings. The van der Waals surface area contributed by atoms with Crippen LogP contribution in [0.1, 0.15) is 25.0 Å². The number of methoxy groups -OCH3 is 1. The van der Waals surface area contributed by atoms with Gasteiger partial charge in [0.2, 0.25) is 0 Å². The van der Waals surface area contributed by atoms with E-state index >= 15 is 0 Å². The fourth-order valence-corrected chi connectivity index (χ4v) is 1.59. The van der Waals surface area contributed by atoms with E-state index in [1.165, 1.54) is 0 Å². The second-order valence-corrected chi connectivity index (χ2v) is 3.90. The average molecular weight is 188 g/mol. The average Bonchev–Trinajstić information content (AvgIpc) is 2.18. The molecular weight excluding hydrogens is 172 g/mol. The van der Waals surface area contributed by atoms with Gasteiger partial charge in [0.1, 0.15) is 5.75 Å². The molecular formula is C13H16O. The molecule has 0 bridgehead atoms. The highest BCUT2D eigenvalue weighted by atomic mass is 16.5. The van der Waals surface area contributed by atoms with E-state index in [1.54, 1.807) is 7.11 Å². The van der Waals surface area contributed by atoms with Crippen molar-refractivity contribution in [3.05, 3.63) is 29.3 Å². The maximum absolute atomic E-state index is 5.51. The van der Waals surface area contributed by atoms with Crippen LogP contribution in [0.4, 0.5) is 0 Å². The molecule has 0 aromatic heterocycles. The first kappa shape index (κ1) is 10.7. The summed E-state index contributed by atoms with van der Waals surface area (Å²) in [6.45, 7) is 6.11. The standard InChI is InChI=1S/C13H16O/c1-6-13(3,4)11-8-7-9-12(14-5)10(11)2/h1,7-9H,2-5H3. The molecule has 1 aromatic carbocycles. The minimum atomic E-state index is -0.237. The molecule has 0 atom stereocenters. The van der Waals surface area contributed by atoms with Crippen LogP contribution in [-0.2, 0) is 5.41 Å². The van der Waals surface area contributed by atoms with E-state index in [2.05, 4.69) is 12.0 Å². The van der Waals surface area contributed by atoms with Crippen molar-refractivity contribution in [2.45, 2.75) is 26.2 Å². The summed E-state index contributed by atoms with van der Waals surface area (Å²) < 4.78 is 5.26. The molecule has 1 aromatic rings. The first-order chi connectivity index (χ1) is 6.53. The normalized spacial score (nSPS) is 10.8. The van der Waals surface area contributed by atoms with Crippen LogP contribution < -0.4 is 4.74 Å². The summed E-state index contributed by atoms with van der Waals surface area (Å²) in [6, 6.07) is 5.98. The Morgan fingerprint density at radius 2 is 2.00 bits per heavy atom. The van der Waals surface area contributed by atoms with Gasteiger partial charge in [-0.1, -0.05) is 18.1 Å². The Kier molecular flexibility index (Phi) is 2.86. The van der Waals surface area contributed by atoms with E-state index in [1.807, 2.05) is 32.9 Å². The van der Waals surface area contributed by atoms with E-state index in [4.69, 9.17) is 11.2 Å². The monoisotopic (exact) mass is 188 g/mol. The topological polar surface area (TPSA) is 9.23 Å². The largest absolute Gasteiger partial charge is 0.496 e. The molecule has 0 saturated carbocycles. The predicted octanol–water partition coefficient (Wildman–Crippen LogP) is 2.91. The summed E-state index contributed by atoms with van der Waals surface area (Å²) in [5, 5.41) is 0. The van der Waals surface area contributed by atoms with Crippen LogP contribution in [0.5, 0.6) is 5.75 Å². The third-order valence-electron chi connectivity index (χ3n) is 2.54. The lowest BCUT2D eigenvalue weighted by molar-refractivity contribution is 0.410. The Hall–Kier alpha value is -1.42. The zero-order chi connectivity index (χ0) is 10.8. The first-order valence-electron chi connectivity index (χ1n) is 4.65. The van der Waals surface area contributed by atoms with Crippen LogP contribution in [0.2, 0.25) is 0 Å². The summed E-state index contributed by atoms with van der Waals surface area (Å²) in [5.74, 6) is 3.69. The molecule has 0 fully saturated rings. The number of rotatable bonds is 2. The lowest BCUT2D eigenvalue weighted by Crippen LogP contribution is -2.15. The van der Waals surface area contributed by atoms with E-state index < -0.39 is 0 Å². The van der Waals surface area contributed by atoms with Gasteiger partial charge in [-0.3, -0.25) is 0 Å². The van der Waals surface area contributed by atoms with Crippen LogP contribution in [0, 0.1) is 19.3 Å². The molecule has 0 aliphatic carbocycles. The van der Waals surface area contributed by atoms with Crippen LogP contribution in [0.3, 0.4) is 0 Å². The van der Waals surface area contributed by atoms with Crippen molar-refractivity contribution in [2.75, 3.05) is 7.11 Å². The number of hydrogen-bond donors (Lipinski definition) is 0. The van der Waals surface area contributed by atoms with E-state index in [0.717, 1.165) is 16.9 Å². The third-order valence-corrected chi connectivity index (χ3v) is 2.54. The van der Waals surface area contributed by atoms with Gasteiger partial charge in [-0.05, 0) is 38.0 Å². The van der Waals surface area contributed by atoms with Gasteiger partial charge in [0.05, 0.1) is 12.5 Å². The molecule has 1 rings (SSSR count). The van der Waals surface area contributed by atoms with Gasteiger partial charge in [0.25, 0.3) is 0 Å². The molecule has 74 valence electrons. The Morgan fingerprint density at radius 3 is 2.50 bits per heavy atom. The van der Waals surface area contributed by atoms with E-state index in [9.17, 15) is 0 Å². The Bertz CT molecular complexity index is 369. The second kappa shape index (κ2) is 3.75. The molecule has 0 N–H and O–H groups in total. The fraction of sp³-hybridized carbons (Fsp3) is 0.385. The lowest BCUT2D eigenvalue weighted by atomic mass is 9.83. The highest BCUT2D eigenvalue weighted by Gasteiger charge is 2.20. The second-order valence-electron chi connectivity index (χ2n) is 3.90. The van der Waals surface area contributed by atoms with Gasteiger partial charge in [0, 0.05) is 0 Å². The van der Waals surface area contributed by atoms with Crippen molar-refractivity contribution < 1.29 is 4.74 Å². The van der Waals surface area contributed by atoms with Gasteiger partial charge in [-0.15, -0.1) is 6.42 Å². The van der Waals surface area contributed by atoms with Gasteiger partial charge in [-0.25, -0.2) is 0 Å². The van der Waals surface area contributed by atoms with E-state index in [0.29, 0.717) is 0 Å². The summed E-state index contributed by atoms with van der Waals surface area (Å²) in [6.07, 6.45) is 5.51. The fourth-order valence-electron chi connectivity index (χ4n) is 1.59. The minimum absolute atomic E-state index is 0.237. The molecule has 14 heavy (non-hydrogen) atoms. The van der Waals surface area contributed by atoms with Gasteiger partial charge in [0.15, 0.2) is 0 Å². The molecule has 0 aliphatic heterocycles. The molecule has 0 amide bonds. The SMILES string of the molecule is C#CC(C)(C)c1cccc(OC)c1C. The Morgan fingerprint density at radius 1 is 1.36 bits per heavy atom. The summed E-state index contributed by atoms with van der Waals surface area (Å²) in [4.78, 5) is 0. The van der Waals surface area contributed by atoms with Crippen LogP contribution >= 0.6 is 0 Å². The molecule has 0 saturated heterocycles. The number of terminal acetylenes is 1. The molecule has 0 heterocycles. The summed E-state index contributed by atoms with van der Waals surface area (Å²) in [7, 11) is 1.68. The quantitative estimate of drug-likeness (QED) is 0.648.